The molecule has 0 aliphatic carbocycles. The van der Waals surface area contributed by atoms with Gasteiger partial charge in [-0.05, 0) is 24.1 Å². The highest BCUT2D eigenvalue weighted by molar-refractivity contribution is 5.25. The zero-order valence-electron chi connectivity index (χ0n) is 6.70. The van der Waals surface area contributed by atoms with Crippen molar-refractivity contribution in [1.29, 1.82) is 0 Å². The summed E-state index contributed by atoms with van der Waals surface area (Å²) < 4.78 is 37.6. The van der Waals surface area contributed by atoms with Crippen molar-refractivity contribution in [3.05, 3.63) is 34.9 Å². The molecule has 1 aromatic rings. The van der Waals surface area contributed by atoms with Crippen LogP contribution >= 0.6 is 0 Å². The Kier molecular flexibility index (Phi) is 2.74. The molecule has 3 heteroatoms. The Morgan fingerprint density at radius 2 is 1.67 bits per heavy atom. The number of halogens is 3. The molecule has 0 saturated carbocycles. The van der Waals surface area contributed by atoms with Crippen molar-refractivity contribution >= 4 is 0 Å². The van der Waals surface area contributed by atoms with E-state index in [4.69, 9.17) is 0 Å². The van der Waals surface area contributed by atoms with Gasteiger partial charge in [-0.3, -0.25) is 0 Å². The highest BCUT2D eigenvalue weighted by Crippen LogP contribution is 2.16. The second-order valence-corrected chi connectivity index (χ2v) is 2.53. The van der Waals surface area contributed by atoms with Crippen molar-refractivity contribution in [3.8, 4) is 0 Å². The normalized spacial score (nSPS) is 10.3. The van der Waals surface area contributed by atoms with Gasteiger partial charge in [-0.15, -0.1) is 0 Å². The molecule has 0 aromatic heterocycles. The summed E-state index contributed by atoms with van der Waals surface area (Å²) in [5, 5.41) is 0. The smallest absolute Gasteiger partial charge is 0.132 e. The molecule has 0 nitrogen and oxygen atoms in total. The summed E-state index contributed by atoms with van der Waals surface area (Å²) in [7, 11) is 0. The fourth-order valence-electron chi connectivity index (χ4n) is 0.987. The molecule has 0 atom stereocenters. The van der Waals surface area contributed by atoms with E-state index < -0.39 is 23.9 Å². The first-order valence-electron chi connectivity index (χ1n) is 3.71. The maximum Gasteiger partial charge on any atom is 0.132 e. The molecule has 0 unspecified atom stereocenters. The third kappa shape index (κ3) is 1.60. The Bertz CT molecular complexity index is 258. The lowest BCUT2D eigenvalue weighted by atomic mass is 10.1. The van der Waals surface area contributed by atoms with Gasteiger partial charge in [-0.2, -0.15) is 0 Å². The lowest BCUT2D eigenvalue weighted by Gasteiger charge is -2.02. The monoisotopic (exact) mass is 174 g/mol. The molecule has 0 N–H and O–H groups in total. The van der Waals surface area contributed by atoms with Crippen molar-refractivity contribution in [3.63, 3.8) is 0 Å². The first-order chi connectivity index (χ1) is 5.69. The topological polar surface area (TPSA) is 0 Å². The van der Waals surface area contributed by atoms with Gasteiger partial charge in [0.25, 0.3) is 0 Å². The number of hydrogen-bond acceptors (Lipinski definition) is 0. The van der Waals surface area contributed by atoms with E-state index in [1.807, 2.05) is 0 Å². The lowest BCUT2D eigenvalue weighted by molar-refractivity contribution is 0.439. The lowest BCUT2D eigenvalue weighted by Crippen LogP contribution is -1.95. The van der Waals surface area contributed by atoms with E-state index in [0.29, 0.717) is 12.0 Å². The first kappa shape index (κ1) is 9.10. The summed E-state index contributed by atoms with van der Waals surface area (Å²) in [6.45, 7) is 0.686. The quantitative estimate of drug-likeness (QED) is 0.646. The summed E-state index contributed by atoms with van der Waals surface area (Å²) in [6, 6.07) is 2.33. The highest BCUT2D eigenvalue weighted by atomic mass is 19.1. The van der Waals surface area contributed by atoms with E-state index in [-0.39, 0.29) is 0 Å². The standard InChI is InChI=1S/C9H9F3/c1-2-6-3-8(11)7(5-10)9(12)4-6/h3-4H,2,5H2,1H3. The zero-order chi connectivity index (χ0) is 9.14. The second kappa shape index (κ2) is 3.61. The molecule has 12 heavy (non-hydrogen) atoms. The summed E-state index contributed by atoms with van der Waals surface area (Å²) >= 11 is 0. The molecular weight excluding hydrogens is 165 g/mol. The van der Waals surface area contributed by atoms with Gasteiger partial charge in [0.1, 0.15) is 18.3 Å². The van der Waals surface area contributed by atoms with Crippen molar-refractivity contribution in [2.45, 2.75) is 20.0 Å². The van der Waals surface area contributed by atoms with Crippen LogP contribution in [-0.4, -0.2) is 0 Å². The van der Waals surface area contributed by atoms with Crippen LogP contribution in [0, 0.1) is 11.6 Å². The third-order valence-electron chi connectivity index (χ3n) is 1.74. The first-order valence-corrected chi connectivity index (χ1v) is 3.71. The van der Waals surface area contributed by atoms with Crippen LogP contribution in [0.15, 0.2) is 12.1 Å². The molecule has 1 rings (SSSR count). The number of aryl methyl sites for hydroxylation is 1. The van der Waals surface area contributed by atoms with Crippen LogP contribution in [-0.2, 0) is 13.1 Å². The summed E-state index contributed by atoms with van der Waals surface area (Å²) in [5.74, 6) is -1.59. The molecule has 0 saturated heterocycles. The predicted octanol–water partition coefficient (Wildman–Crippen LogP) is 3.00. The molecule has 0 amide bonds. The fraction of sp³-hybridized carbons (Fsp3) is 0.333. The minimum Gasteiger partial charge on any atom is -0.246 e. The van der Waals surface area contributed by atoms with Crippen molar-refractivity contribution in [2.24, 2.45) is 0 Å². The molecule has 0 radical (unpaired) electrons. The SMILES string of the molecule is CCc1cc(F)c(CF)c(F)c1. The second-order valence-electron chi connectivity index (χ2n) is 2.53. The van der Waals surface area contributed by atoms with E-state index in [9.17, 15) is 13.2 Å². The van der Waals surface area contributed by atoms with Gasteiger partial charge in [0.15, 0.2) is 0 Å². The van der Waals surface area contributed by atoms with Crippen LogP contribution in [0.1, 0.15) is 18.1 Å². The van der Waals surface area contributed by atoms with Gasteiger partial charge < -0.3 is 0 Å². The van der Waals surface area contributed by atoms with Crippen LogP contribution in [0.25, 0.3) is 0 Å². The summed E-state index contributed by atoms with van der Waals surface area (Å²) in [4.78, 5) is 0. The van der Waals surface area contributed by atoms with Crippen molar-refractivity contribution < 1.29 is 13.2 Å². The number of hydrogen-bond donors (Lipinski definition) is 0. The molecular formula is C9H9F3. The average Bonchev–Trinajstić information content (AvgIpc) is 2.03. The van der Waals surface area contributed by atoms with Crippen LogP contribution in [0.5, 0.6) is 0 Å². The van der Waals surface area contributed by atoms with Gasteiger partial charge in [0, 0.05) is 0 Å². The van der Waals surface area contributed by atoms with Gasteiger partial charge in [-0.25, -0.2) is 13.2 Å². The molecule has 66 valence electrons. The van der Waals surface area contributed by atoms with E-state index in [0.717, 1.165) is 12.1 Å². The Labute approximate surface area is 69.0 Å². The maximum absolute atomic E-state index is 12.8. The van der Waals surface area contributed by atoms with Gasteiger partial charge in [0.2, 0.25) is 0 Å². The van der Waals surface area contributed by atoms with Gasteiger partial charge in [0.05, 0.1) is 5.56 Å². The summed E-state index contributed by atoms with van der Waals surface area (Å²) in [6.07, 6.45) is 0.542. The van der Waals surface area contributed by atoms with Crippen molar-refractivity contribution in [2.75, 3.05) is 0 Å². The van der Waals surface area contributed by atoms with Crippen molar-refractivity contribution in [1.82, 2.24) is 0 Å². The largest absolute Gasteiger partial charge is 0.246 e. The molecule has 0 aliphatic rings. The van der Waals surface area contributed by atoms with Gasteiger partial charge >= 0.3 is 0 Å². The minimum absolute atomic E-state index is 0.479. The molecule has 1 aromatic carbocycles. The third-order valence-corrected chi connectivity index (χ3v) is 1.74. The van der Waals surface area contributed by atoms with Crippen LogP contribution in [0.2, 0.25) is 0 Å². The van der Waals surface area contributed by atoms with E-state index in [2.05, 4.69) is 0 Å². The molecule has 0 aliphatic heterocycles. The van der Waals surface area contributed by atoms with Crippen LogP contribution < -0.4 is 0 Å². The number of benzene rings is 1. The summed E-state index contributed by atoms with van der Waals surface area (Å²) in [5.41, 5.74) is 0.0643. The predicted molar refractivity (Wildman–Crippen MR) is 40.5 cm³/mol. The Hall–Kier alpha value is -0.990. The molecule has 0 spiro atoms. The maximum atomic E-state index is 12.8. The zero-order valence-corrected chi connectivity index (χ0v) is 6.70. The molecule has 0 heterocycles. The minimum atomic E-state index is -1.10. The number of rotatable bonds is 2. The Morgan fingerprint density at radius 3 is 2.00 bits per heavy atom. The van der Waals surface area contributed by atoms with Gasteiger partial charge in [-0.1, -0.05) is 6.92 Å². The molecule has 0 fully saturated rings. The fourth-order valence-corrected chi connectivity index (χ4v) is 0.987. The Morgan fingerprint density at radius 1 is 1.17 bits per heavy atom. The number of alkyl halides is 1. The Balaban J connectivity index is 3.18. The molecule has 0 bridgehead atoms. The average molecular weight is 174 g/mol. The van der Waals surface area contributed by atoms with Crippen LogP contribution in [0.4, 0.5) is 13.2 Å². The highest BCUT2D eigenvalue weighted by Gasteiger charge is 2.09. The van der Waals surface area contributed by atoms with Crippen LogP contribution in [0.3, 0.4) is 0 Å². The van der Waals surface area contributed by atoms with E-state index >= 15 is 0 Å². The van der Waals surface area contributed by atoms with E-state index in [1.54, 1.807) is 6.92 Å². The van der Waals surface area contributed by atoms with E-state index in [1.165, 1.54) is 0 Å².